The molecule has 3 aromatic rings. The maximum atomic E-state index is 9.56. The average Bonchev–Trinajstić information content (AvgIpc) is 3.56. The van der Waals surface area contributed by atoms with Crippen LogP contribution in [0.15, 0.2) is 56.2 Å². The summed E-state index contributed by atoms with van der Waals surface area (Å²) in [6, 6.07) is 0. The molecule has 0 radical (unpaired) electrons. The molecule has 0 aromatic carbocycles. The number of carbonyl (C=O) groups excluding carboxylic acids is 3. The fourth-order valence-electron chi connectivity index (χ4n) is 0.645. The zero-order chi connectivity index (χ0) is 26.1. The van der Waals surface area contributed by atoms with Crippen LogP contribution in [0.5, 0.6) is 0 Å². The molecule has 3 heterocycles. The van der Waals surface area contributed by atoms with Gasteiger partial charge in [-0.05, 0) is 0 Å². The van der Waals surface area contributed by atoms with Crippen molar-refractivity contribution in [1.29, 1.82) is 0 Å². The van der Waals surface area contributed by atoms with Crippen molar-refractivity contribution >= 4 is 31.4 Å². The van der Waals surface area contributed by atoms with Gasteiger partial charge in [0.15, 0.2) is 0 Å². The predicted molar refractivity (Wildman–Crippen MR) is 145 cm³/mol. The molecule has 0 aliphatic heterocycles. The first-order chi connectivity index (χ1) is 15.4. The molecule has 28 nitrogen and oxygen atoms in total. The number of rotatable bonds is 3. The van der Waals surface area contributed by atoms with Gasteiger partial charge in [0.2, 0.25) is 0 Å². The molecule has 3 atom stereocenters. The average molecular weight is 1060 g/mol. The van der Waals surface area contributed by atoms with Gasteiger partial charge in [0.1, 0.15) is 0 Å². The van der Waals surface area contributed by atoms with Crippen LogP contribution in [-0.4, -0.2) is 121 Å². The first-order valence-corrected chi connectivity index (χ1v) is 8.81. The Kier molecular flexibility index (Phi) is 339. The Labute approximate surface area is 391 Å². The van der Waals surface area contributed by atoms with Gasteiger partial charge in [-0.2, -0.15) is 0 Å². The second kappa shape index (κ2) is 117. The number of aliphatic carboxylic acids is 3. The molecule has 0 unspecified atom stereocenters. The van der Waals surface area contributed by atoms with Crippen molar-refractivity contribution in [2.24, 2.45) is 0 Å². The number of H-pyrrole nitrogens is 3. The topological polar surface area (TPSA) is 676 Å². The van der Waals surface area contributed by atoms with Gasteiger partial charge < -0.3 is 145 Å². The van der Waals surface area contributed by atoms with Crippen LogP contribution >= 0.6 is 0 Å². The SMILES string of the molecule is C[C@@H]([O-])C(=O)[O-].C[C@@H]([O-])C(=O)[O-].C[C@H]([O-])C(=O)[O-].O.O.O.O.O.O.O.O.O.O.[Mo+4].[Mo+4].[Mo+4].[Na+].[Na+].[O-2].[O-2].[O-2].[S-2].c1c[nH]cn1.c1c[nH]cn1.c1c[nH]cn1. The zero-order valence-electron chi connectivity index (χ0n) is 27.8. The number of hydrogen-bond acceptors (Lipinski definition) is 12. The molecular formula is C18H44Mo3N6Na2O22S. The van der Waals surface area contributed by atoms with Gasteiger partial charge in [0.05, 0.1) is 19.0 Å². The molecule has 0 fully saturated rings. The zero-order valence-corrected chi connectivity index (χ0v) is 38.6. The number of hydrogen-bond donors (Lipinski definition) is 3. The van der Waals surface area contributed by atoms with Gasteiger partial charge in [-0.15, -0.1) is 0 Å². The maximum absolute atomic E-state index is 9.56. The normalized spacial score (nSPS) is 7.04. The third-order valence-electron chi connectivity index (χ3n) is 2.21. The van der Waals surface area contributed by atoms with Gasteiger partial charge in [0.25, 0.3) is 0 Å². The monoisotopic (exact) mass is 1070 g/mol. The Morgan fingerprint density at radius 1 is 0.462 bits per heavy atom. The molecule has 0 amide bonds. The number of aromatic nitrogens is 6. The van der Waals surface area contributed by atoms with Gasteiger partial charge in [0, 0.05) is 55.1 Å². The Morgan fingerprint density at radius 2 is 0.577 bits per heavy atom. The van der Waals surface area contributed by atoms with E-state index in [1.165, 1.54) is 0 Å². The van der Waals surface area contributed by atoms with Crippen LogP contribution in [0.3, 0.4) is 0 Å². The molecule has 52 heavy (non-hydrogen) atoms. The number of carbonyl (C=O) groups is 3. The van der Waals surface area contributed by atoms with Crippen LogP contribution in [0.4, 0.5) is 0 Å². The van der Waals surface area contributed by atoms with Crippen LogP contribution in [0.2, 0.25) is 0 Å². The third kappa shape index (κ3) is 165. The standard InChI is InChI=1S/3C3H4N2.3C3H5O3.3Mo.2Na.10H2O.3O.S/c3*1-2-5-3-4-1;3*1-2(4)3(5)6;;;;;;;;;;;;;;;;;;;/h3*1-3H,(H,4,5);3*2H,1H3,(H,5,6);;;;;;10*1H2;;;;/q;;;3*-1;3*+4;2*+1;;;;;;;;;;;4*-2/p-3/t;;;3*2-;;;;;;;;;;;;;;;;;;;/m...110.................../s1. The van der Waals surface area contributed by atoms with Crippen LogP contribution < -0.4 is 89.8 Å². The van der Waals surface area contributed by atoms with E-state index >= 15 is 0 Å². The molecule has 23 N–H and O–H groups in total. The van der Waals surface area contributed by atoms with E-state index in [1.54, 1.807) is 56.2 Å². The van der Waals surface area contributed by atoms with Crippen molar-refractivity contribution < 1.29 is 239 Å². The van der Waals surface area contributed by atoms with Crippen molar-refractivity contribution in [3.8, 4) is 0 Å². The third-order valence-corrected chi connectivity index (χ3v) is 2.21. The molecular weight excluding hydrogens is 1020 g/mol. The fraction of sp³-hybridized carbons (Fsp3) is 0.333. The molecule has 34 heteroatoms. The minimum absolute atomic E-state index is 0. The van der Waals surface area contributed by atoms with Crippen molar-refractivity contribution in [3.63, 3.8) is 0 Å². The van der Waals surface area contributed by atoms with E-state index in [4.69, 9.17) is 0 Å². The van der Waals surface area contributed by atoms with Crippen LogP contribution in [0, 0.1) is 0 Å². The van der Waals surface area contributed by atoms with Crippen molar-refractivity contribution in [1.82, 2.24) is 29.9 Å². The van der Waals surface area contributed by atoms with E-state index in [9.17, 15) is 45.0 Å². The summed E-state index contributed by atoms with van der Waals surface area (Å²) in [4.78, 5) is 47.1. The van der Waals surface area contributed by atoms with Crippen molar-refractivity contribution in [2.75, 3.05) is 0 Å². The number of carboxylic acid groups (broad SMARTS) is 3. The second-order valence-corrected chi connectivity index (χ2v) is 5.17. The minimum atomic E-state index is -1.59. The van der Waals surface area contributed by atoms with E-state index in [-0.39, 0.29) is 207 Å². The molecule has 0 spiro atoms. The van der Waals surface area contributed by atoms with E-state index in [2.05, 4.69) is 29.9 Å². The van der Waals surface area contributed by atoms with Gasteiger partial charge in [-0.1, -0.05) is 39.1 Å². The summed E-state index contributed by atoms with van der Waals surface area (Å²) >= 11 is 0. The minimum Gasteiger partial charge on any atom is -2.00 e. The number of aromatic amines is 3. The van der Waals surface area contributed by atoms with Gasteiger partial charge in [-0.25, -0.2) is 15.0 Å². The largest absolute Gasteiger partial charge is 4.00 e. The fourth-order valence-corrected chi connectivity index (χ4v) is 0.645. The summed E-state index contributed by atoms with van der Waals surface area (Å²) in [7, 11) is 0. The van der Waals surface area contributed by atoms with Crippen LogP contribution in [0.25, 0.3) is 0 Å². The summed E-state index contributed by atoms with van der Waals surface area (Å²) in [5.41, 5.74) is 0. The molecule has 0 saturated carbocycles. The predicted octanol–water partition coefficient (Wildman–Crippen LogP) is -20.9. The summed E-state index contributed by atoms with van der Waals surface area (Å²) in [6.45, 7) is 3.07. The van der Waals surface area contributed by atoms with Crippen molar-refractivity contribution in [2.45, 2.75) is 39.1 Å². The Hall–Kier alpha value is -0.185. The van der Waals surface area contributed by atoms with E-state index in [1.807, 2.05) is 0 Å². The molecule has 0 bridgehead atoms. The Balaban J connectivity index is -0.00000000968. The second-order valence-electron chi connectivity index (χ2n) is 5.17. The molecule has 3 aromatic heterocycles. The molecule has 0 saturated heterocycles. The first-order valence-electron chi connectivity index (χ1n) is 8.81. The summed E-state index contributed by atoms with van der Waals surface area (Å²) in [6.07, 6.45) is 10.5. The number of carboxylic acids is 3. The quantitative estimate of drug-likeness (QED) is 0.206. The van der Waals surface area contributed by atoms with Crippen LogP contribution in [-0.2, 0) is 108 Å². The molecule has 0 aliphatic rings. The van der Waals surface area contributed by atoms with Crippen LogP contribution in [0.1, 0.15) is 20.8 Å². The van der Waals surface area contributed by atoms with Crippen molar-refractivity contribution in [3.05, 3.63) is 56.2 Å². The van der Waals surface area contributed by atoms with E-state index < -0.39 is 36.2 Å². The van der Waals surface area contributed by atoms with Gasteiger partial charge >= 0.3 is 122 Å². The summed E-state index contributed by atoms with van der Waals surface area (Å²) < 4.78 is 0. The Bertz CT molecular complexity index is 658. The molecule has 304 valence electrons. The summed E-state index contributed by atoms with van der Waals surface area (Å²) in [5, 5.41) is 56.5. The van der Waals surface area contributed by atoms with E-state index in [0.29, 0.717) is 0 Å². The molecule has 0 aliphatic carbocycles. The maximum Gasteiger partial charge on any atom is 4.00 e. The summed E-state index contributed by atoms with van der Waals surface area (Å²) in [5.74, 6) is -4.64. The number of nitrogens with one attached hydrogen (secondary N) is 3. The number of nitrogens with zero attached hydrogens (tertiary/aromatic N) is 3. The molecule has 3 rings (SSSR count). The first kappa shape index (κ1) is 151. The van der Waals surface area contributed by atoms with Gasteiger partial charge in [-0.3, -0.25) is 0 Å². The number of imidazole rings is 3. The Morgan fingerprint density at radius 3 is 0.596 bits per heavy atom. The smallest absolute Gasteiger partial charge is 2.00 e. The van der Waals surface area contributed by atoms with E-state index in [0.717, 1.165) is 20.8 Å².